The number of alkyl halides is 3. The van der Waals surface area contributed by atoms with Crippen molar-refractivity contribution in [2.75, 3.05) is 18.5 Å². The van der Waals surface area contributed by atoms with Crippen LogP contribution >= 0.6 is 0 Å². The number of nitrogens with zero attached hydrogens (tertiary/aromatic N) is 1. The normalized spacial score (nSPS) is 12.2. The number of anilines is 1. The number of nitro groups is 1. The van der Waals surface area contributed by atoms with E-state index in [4.69, 9.17) is 4.74 Å². The minimum Gasteiger partial charge on any atom is -0.454 e. The van der Waals surface area contributed by atoms with Crippen LogP contribution in [0.2, 0.25) is 0 Å². The summed E-state index contributed by atoms with van der Waals surface area (Å²) < 4.78 is 42.6. The number of amides is 1. The van der Waals surface area contributed by atoms with Gasteiger partial charge < -0.3 is 15.4 Å². The summed E-state index contributed by atoms with van der Waals surface area (Å²) in [6.45, 7) is 2.78. The van der Waals surface area contributed by atoms with Crippen molar-refractivity contribution >= 4 is 23.3 Å². The van der Waals surface area contributed by atoms with Crippen LogP contribution in [0.15, 0.2) is 18.2 Å². The van der Waals surface area contributed by atoms with Gasteiger partial charge in [-0.05, 0) is 26.0 Å². The van der Waals surface area contributed by atoms with Crippen molar-refractivity contribution in [3.05, 3.63) is 33.9 Å². The number of hydrogen-bond donors (Lipinski definition) is 2. The number of ether oxygens (including phenoxy) is 1. The number of carbonyl (C=O) groups excluding carboxylic acids is 2. The van der Waals surface area contributed by atoms with E-state index in [-0.39, 0.29) is 5.69 Å². The third-order valence-electron chi connectivity index (χ3n) is 2.97. The van der Waals surface area contributed by atoms with Crippen molar-refractivity contribution in [1.29, 1.82) is 0 Å². The molecule has 11 heteroatoms. The molecule has 0 aliphatic rings. The molecule has 1 amide bonds. The van der Waals surface area contributed by atoms with Gasteiger partial charge in [0, 0.05) is 12.6 Å². The number of benzene rings is 1. The van der Waals surface area contributed by atoms with Crippen molar-refractivity contribution in [3.8, 4) is 0 Å². The second kappa shape index (κ2) is 8.31. The Balaban J connectivity index is 2.85. The standard InChI is InChI=1S/C14H16F3N3O5/c1-3-18-12(21)7-25-13(22)8(2)19-10-5-4-9(14(15,16)17)6-11(10)20(23)24/h4-6,8,19H,3,7H2,1-2H3,(H,18,21)/t8-/m1/s1. The maximum atomic E-state index is 12.6. The molecule has 0 fully saturated rings. The molecule has 1 aromatic carbocycles. The first-order valence-electron chi connectivity index (χ1n) is 7.11. The van der Waals surface area contributed by atoms with E-state index in [0.717, 1.165) is 6.07 Å². The third kappa shape index (κ3) is 5.94. The lowest BCUT2D eigenvalue weighted by atomic mass is 10.1. The van der Waals surface area contributed by atoms with Crippen LogP contribution in [0.4, 0.5) is 24.5 Å². The molecule has 0 saturated heterocycles. The quantitative estimate of drug-likeness (QED) is 0.436. The monoisotopic (exact) mass is 363 g/mol. The van der Waals surface area contributed by atoms with Crippen molar-refractivity contribution in [3.63, 3.8) is 0 Å². The molecule has 0 saturated carbocycles. The highest BCUT2D eigenvalue weighted by atomic mass is 19.4. The van der Waals surface area contributed by atoms with Crippen molar-refractivity contribution in [2.45, 2.75) is 26.1 Å². The van der Waals surface area contributed by atoms with Gasteiger partial charge >= 0.3 is 12.1 Å². The Morgan fingerprint density at radius 3 is 2.52 bits per heavy atom. The van der Waals surface area contributed by atoms with E-state index >= 15 is 0 Å². The fourth-order valence-corrected chi connectivity index (χ4v) is 1.78. The van der Waals surface area contributed by atoms with E-state index in [1.165, 1.54) is 6.92 Å². The first-order chi connectivity index (χ1) is 11.6. The van der Waals surface area contributed by atoms with Crippen LogP contribution in [-0.4, -0.2) is 36.0 Å². The van der Waals surface area contributed by atoms with Gasteiger partial charge in [-0.1, -0.05) is 0 Å². The average Bonchev–Trinajstić information content (AvgIpc) is 2.51. The Kier molecular flexibility index (Phi) is 6.71. The van der Waals surface area contributed by atoms with Crippen LogP contribution < -0.4 is 10.6 Å². The van der Waals surface area contributed by atoms with Gasteiger partial charge in [-0.25, -0.2) is 4.79 Å². The van der Waals surface area contributed by atoms with E-state index in [1.807, 2.05) is 0 Å². The number of carbonyl (C=O) groups is 2. The molecule has 0 aliphatic carbocycles. The zero-order chi connectivity index (χ0) is 19.2. The highest BCUT2D eigenvalue weighted by Crippen LogP contribution is 2.35. The van der Waals surface area contributed by atoms with Gasteiger partial charge in [-0.2, -0.15) is 13.2 Å². The number of likely N-dealkylation sites (N-methyl/N-ethyl adjacent to an activating group) is 1. The van der Waals surface area contributed by atoms with Crippen LogP contribution in [-0.2, 0) is 20.5 Å². The van der Waals surface area contributed by atoms with Gasteiger partial charge in [-0.3, -0.25) is 14.9 Å². The Morgan fingerprint density at radius 1 is 1.36 bits per heavy atom. The summed E-state index contributed by atoms with van der Waals surface area (Å²) in [5, 5.41) is 15.8. The average molecular weight is 363 g/mol. The summed E-state index contributed by atoms with van der Waals surface area (Å²) in [4.78, 5) is 32.9. The molecule has 0 aromatic heterocycles. The maximum Gasteiger partial charge on any atom is 0.416 e. The van der Waals surface area contributed by atoms with Crippen molar-refractivity contribution in [2.24, 2.45) is 0 Å². The molecular weight excluding hydrogens is 347 g/mol. The first kappa shape index (κ1) is 20.2. The largest absolute Gasteiger partial charge is 0.454 e. The van der Waals surface area contributed by atoms with Gasteiger partial charge in [0.2, 0.25) is 0 Å². The summed E-state index contributed by atoms with van der Waals surface area (Å²) in [6, 6.07) is 0.760. The molecule has 0 heterocycles. The van der Waals surface area contributed by atoms with Crippen LogP contribution in [0.5, 0.6) is 0 Å². The fraction of sp³-hybridized carbons (Fsp3) is 0.429. The first-order valence-corrected chi connectivity index (χ1v) is 7.11. The van der Waals surface area contributed by atoms with Crippen LogP contribution in [0.1, 0.15) is 19.4 Å². The molecule has 1 atom stereocenters. The SMILES string of the molecule is CCNC(=O)COC(=O)[C@@H](C)Nc1ccc(C(F)(F)F)cc1[N+](=O)[O-]. The molecule has 0 aliphatic heterocycles. The smallest absolute Gasteiger partial charge is 0.416 e. The Bertz CT molecular complexity index is 664. The molecule has 138 valence electrons. The Morgan fingerprint density at radius 2 is 2.00 bits per heavy atom. The van der Waals surface area contributed by atoms with Crippen molar-refractivity contribution in [1.82, 2.24) is 5.32 Å². The topological polar surface area (TPSA) is 111 Å². The van der Waals surface area contributed by atoms with Gasteiger partial charge in [0.25, 0.3) is 11.6 Å². The third-order valence-corrected chi connectivity index (χ3v) is 2.97. The predicted octanol–water partition coefficient (Wildman–Crippen LogP) is 2.09. The van der Waals surface area contributed by atoms with Crippen LogP contribution in [0.25, 0.3) is 0 Å². The molecular formula is C14H16F3N3O5. The molecule has 2 N–H and O–H groups in total. The predicted molar refractivity (Wildman–Crippen MR) is 80.8 cm³/mol. The Labute approximate surface area is 140 Å². The second-order valence-electron chi connectivity index (χ2n) is 4.91. The van der Waals surface area contributed by atoms with E-state index in [9.17, 15) is 32.9 Å². The van der Waals surface area contributed by atoms with Crippen molar-refractivity contribution < 1.29 is 32.4 Å². The second-order valence-corrected chi connectivity index (χ2v) is 4.91. The van der Waals surface area contributed by atoms with E-state index in [1.54, 1.807) is 6.92 Å². The summed E-state index contributed by atoms with van der Waals surface area (Å²) in [6.07, 6.45) is -4.74. The lowest BCUT2D eigenvalue weighted by molar-refractivity contribution is -0.384. The minimum absolute atomic E-state index is 0.277. The summed E-state index contributed by atoms with van der Waals surface area (Å²) in [7, 11) is 0. The summed E-state index contributed by atoms with van der Waals surface area (Å²) >= 11 is 0. The summed E-state index contributed by atoms with van der Waals surface area (Å²) in [5.41, 5.74) is -2.30. The van der Waals surface area contributed by atoms with E-state index < -0.39 is 46.9 Å². The Hall–Kier alpha value is -2.85. The minimum atomic E-state index is -4.74. The lowest BCUT2D eigenvalue weighted by Gasteiger charge is -2.15. The zero-order valence-corrected chi connectivity index (χ0v) is 13.3. The highest BCUT2D eigenvalue weighted by molar-refractivity contribution is 5.84. The summed E-state index contributed by atoms with van der Waals surface area (Å²) in [5.74, 6) is -1.41. The molecule has 1 aromatic rings. The maximum absolute atomic E-state index is 12.6. The fourth-order valence-electron chi connectivity index (χ4n) is 1.78. The zero-order valence-electron chi connectivity index (χ0n) is 13.3. The molecule has 8 nitrogen and oxygen atoms in total. The molecule has 0 bridgehead atoms. The number of esters is 1. The number of nitro benzene ring substituents is 1. The van der Waals surface area contributed by atoms with Crippen LogP contribution in [0.3, 0.4) is 0 Å². The molecule has 1 rings (SSSR count). The number of hydrogen-bond acceptors (Lipinski definition) is 6. The lowest BCUT2D eigenvalue weighted by Crippen LogP contribution is -2.33. The molecule has 25 heavy (non-hydrogen) atoms. The number of halogens is 3. The molecule has 0 unspecified atom stereocenters. The highest BCUT2D eigenvalue weighted by Gasteiger charge is 2.33. The van der Waals surface area contributed by atoms with Gasteiger partial charge in [0.05, 0.1) is 10.5 Å². The number of rotatable bonds is 7. The van der Waals surface area contributed by atoms with Crippen LogP contribution in [0, 0.1) is 10.1 Å². The van der Waals surface area contributed by atoms with E-state index in [0.29, 0.717) is 18.7 Å². The van der Waals surface area contributed by atoms with Gasteiger partial charge in [0.1, 0.15) is 11.7 Å². The molecule has 0 spiro atoms. The van der Waals surface area contributed by atoms with E-state index in [2.05, 4.69) is 10.6 Å². The van der Waals surface area contributed by atoms with Gasteiger partial charge in [-0.15, -0.1) is 0 Å². The molecule has 0 radical (unpaired) electrons. The number of nitrogens with one attached hydrogen (secondary N) is 2. The van der Waals surface area contributed by atoms with Gasteiger partial charge in [0.15, 0.2) is 6.61 Å².